The molecule has 7 rings (SSSR count). The molecule has 0 radical (unpaired) electrons. The largest absolute Gasteiger partial charge is 0.387 e. The number of ether oxygens (including phenoxy) is 2. The topological polar surface area (TPSA) is 101 Å². The van der Waals surface area contributed by atoms with Gasteiger partial charge in [0, 0.05) is 35.5 Å². The summed E-state index contributed by atoms with van der Waals surface area (Å²) in [5, 5.41) is 12.0. The monoisotopic (exact) mass is 520 g/mol. The van der Waals surface area contributed by atoms with Crippen LogP contribution in [0.4, 0.5) is 0 Å². The zero-order chi connectivity index (χ0) is 26.9. The third kappa shape index (κ3) is 3.73. The Morgan fingerprint density at radius 3 is 2.74 bits per heavy atom. The number of hydrogen-bond acceptors (Lipinski definition) is 5. The highest BCUT2D eigenvalue weighted by molar-refractivity contribution is 5.97. The van der Waals surface area contributed by atoms with Crippen molar-refractivity contribution < 1.29 is 24.2 Å². The number of amides is 1. The second kappa shape index (κ2) is 9.04. The van der Waals surface area contributed by atoms with Crippen LogP contribution < -0.4 is 5.32 Å². The Labute approximate surface area is 224 Å². The second-order valence-corrected chi connectivity index (χ2v) is 12.6. The minimum Gasteiger partial charge on any atom is -0.387 e. The summed E-state index contributed by atoms with van der Waals surface area (Å²) in [5.41, 5.74) is 4.95. The van der Waals surface area contributed by atoms with E-state index in [-0.39, 0.29) is 17.1 Å². The highest BCUT2D eigenvalue weighted by Crippen LogP contribution is 2.68. The molecule has 6 unspecified atom stereocenters. The molecular weight excluding hydrogens is 480 g/mol. The van der Waals surface area contributed by atoms with Gasteiger partial charge < -0.3 is 24.9 Å². The standard InChI is InChI=1S/C26H29NO3.C5H11NO2/c1-24(2)23-20(28)13-18-17-9-8-14-12-16-15-6-4-5-7-19(15)27-22(16)21(14)25(17,3)10-11-26(18,29-23)30-24;1-2-3-6-5(8)4-7/h4-7,13-14,17,21,23,27H,8-12H2,1-3H3;7H,2-4H2,1H3,(H,6,8). The van der Waals surface area contributed by atoms with E-state index >= 15 is 0 Å². The van der Waals surface area contributed by atoms with Crippen LogP contribution in [0.15, 0.2) is 35.9 Å². The molecule has 2 aromatic rings. The summed E-state index contributed by atoms with van der Waals surface area (Å²) in [6, 6.07) is 8.74. The average molecular weight is 521 g/mol. The fourth-order valence-corrected chi connectivity index (χ4v) is 8.30. The van der Waals surface area contributed by atoms with Crippen molar-refractivity contribution in [1.29, 1.82) is 0 Å². The van der Waals surface area contributed by atoms with E-state index in [0.717, 1.165) is 31.3 Å². The van der Waals surface area contributed by atoms with Crippen molar-refractivity contribution in [3.05, 3.63) is 47.2 Å². The van der Waals surface area contributed by atoms with Crippen LogP contribution in [-0.2, 0) is 25.5 Å². The lowest BCUT2D eigenvalue weighted by Gasteiger charge is -2.57. The van der Waals surface area contributed by atoms with Crippen LogP contribution in [0.1, 0.15) is 77.0 Å². The van der Waals surface area contributed by atoms with E-state index in [4.69, 9.17) is 14.6 Å². The normalized spacial score (nSPS) is 35.8. The molecule has 1 aromatic carbocycles. The van der Waals surface area contributed by atoms with Crippen LogP contribution >= 0.6 is 0 Å². The SMILES string of the molecule is CC1(C)OC23CCC4(C)C(CCC5Cc6c([nH]c7ccccc67)C54)C2=CC(=O)C1O3.CCCNC(=O)CO. The van der Waals surface area contributed by atoms with Gasteiger partial charge in [0.25, 0.3) is 0 Å². The minimum absolute atomic E-state index is 0.0900. The van der Waals surface area contributed by atoms with Crippen molar-refractivity contribution in [2.75, 3.05) is 13.2 Å². The minimum atomic E-state index is -0.680. The van der Waals surface area contributed by atoms with Crippen molar-refractivity contribution >= 4 is 22.6 Å². The van der Waals surface area contributed by atoms with Crippen LogP contribution in [0.5, 0.6) is 0 Å². The number of para-hydroxylation sites is 1. The van der Waals surface area contributed by atoms with E-state index in [1.165, 1.54) is 35.0 Å². The molecule has 3 aliphatic carbocycles. The summed E-state index contributed by atoms with van der Waals surface area (Å²) in [7, 11) is 0. The molecule has 6 atom stereocenters. The molecule has 2 saturated carbocycles. The van der Waals surface area contributed by atoms with Crippen molar-refractivity contribution in [3.8, 4) is 0 Å². The van der Waals surface area contributed by atoms with Crippen LogP contribution in [-0.4, -0.2) is 52.4 Å². The fourth-order valence-electron chi connectivity index (χ4n) is 8.30. The van der Waals surface area contributed by atoms with E-state index < -0.39 is 24.1 Å². The smallest absolute Gasteiger partial charge is 0.245 e. The number of H-pyrrole nitrogens is 1. The van der Waals surface area contributed by atoms with Gasteiger partial charge in [-0.2, -0.15) is 0 Å². The second-order valence-electron chi connectivity index (χ2n) is 12.6. The molecule has 3 heterocycles. The number of rotatable bonds is 3. The first kappa shape index (κ1) is 25.8. The molecule has 204 valence electrons. The molecule has 3 N–H and O–H groups in total. The molecule has 7 nitrogen and oxygen atoms in total. The van der Waals surface area contributed by atoms with Crippen molar-refractivity contribution in [2.24, 2.45) is 17.3 Å². The van der Waals surface area contributed by atoms with Crippen LogP contribution in [0.25, 0.3) is 10.9 Å². The molecule has 5 aliphatic rings. The maximum atomic E-state index is 13.0. The van der Waals surface area contributed by atoms with E-state index in [1.54, 1.807) is 0 Å². The van der Waals surface area contributed by atoms with E-state index in [2.05, 4.69) is 41.5 Å². The van der Waals surface area contributed by atoms with Gasteiger partial charge in [0.2, 0.25) is 5.91 Å². The maximum absolute atomic E-state index is 13.0. The number of aromatic amines is 1. The molecule has 2 aliphatic heterocycles. The first-order chi connectivity index (χ1) is 18.1. The summed E-state index contributed by atoms with van der Waals surface area (Å²) in [6.45, 7) is 8.68. The number of nitrogens with one attached hydrogen (secondary N) is 2. The Kier molecular flexibility index (Phi) is 6.13. The Bertz CT molecular complexity index is 1310. The first-order valence-electron chi connectivity index (χ1n) is 14.2. The summed E-state index contributed by atoms with van der Waals surface area (Å²) < 4.78 is 12.9. The van der Waals surface area contributed by atoms with Gasteiger partial charge in [-0.15, -0.1) is 0 Å². The van der Waals surface area contributed by atoms with Gasteiger partial charge in [0.05, 0.1) is 0 Å². The lowest BCUT2D eigenvalue weighted by atomic mass is 9.50. The molecule has 1 aromatic heterocycles. The van der Waals surface area contributed by atoms with Crippen molar-refractivity contribution in [3.63, 3.8) is 0 Å². The number of aliphatic hydroxyl groups excluding tert-OH is 1. The summed E-state index contributed by atoms with van der Waals surface area (Å²) in [4.78, 5) is 27.0. The molecule has 2 bridgehead atoms. The summed E-state index contributed by atoms with van der Waals surface area (Å²) in [6.07, 6.45) is 7.79. The third-order valence-electron chi connectivity index (χ3n) is 9.88. The Morgan fingerprint density at radius 1 is 1.18 bits per heavy atom. The van der Waals surface area contributed by atoms with Gasteiger partial charge in [-0.25, -0.2) is 0 Å². The zero-order valence-electron chi connectivity index (χ0n) is 22.9. The number of carbonyl (C=O) groups excluding carboxylic acids is 2. The van der Waals surface area contributed by atoms with Gasteiger partial charge in [0.1, 0.15) is 12.2 Å². The Balaban J connectivity index is 0.000000291. The number of aromatic nitrogens is 1. The van der Waals surface area contributed by atoms with Gasteiger partial charge in [-0.05, 0) is 86.5 Å². The molecule has 3 fully saturated rings. The zero-order valence-corrected chi connectivity index (χ0v) is 22.9. The quantitative estimate of drug-likeness (QED) is 0.552. The predicted molar refractivity (Wildman–Crippen MR) is 145 cm³/mol. The molecule has 38 heavy (non-hydrogen) atoms. The van der Waals surface area contributed by atoms with Gasteiger partial charge in [0.15, 0.2) is 17.7 Å². The summed E-state index contributed by atoms with van der Waals surface area (Å²) in [5.74, 6) is 0.656. The predicted octanol–water partition coefficient (Wildman–Crippen LogP) is 4.54. The first-order valence-corrected chi connectivity index (χ1v) is 14.2. The van der Waals surface area contributed by atoms with E-state index in [9.17, 15) is 9.59 Å². The van der Waals surface area contributed by atoms with Crippen LogP contribution in [0.3, 0.4) is 0 Å². The Hall–Kier alpha value is -2.48. The van der Waals surface area contributed by atoms with Crippen molar-refractivity contribution in [1.82, 2.24) is 10.3 Å². The average Bonchev–Trinajstić information content (AvgIpc) is 3.51. The van der Waals surface area contributed by atoms with Crippen molar-refractivity contribution in [2.45, 2.75) is 89.6 Å². The van der Waals surface area contributed by atoms with Crippen LogP contribution in [0, 0.1) is 17.3 Å². The number of fused-ring (bicyclic) bond motifs is 9. The molecule has 7 heteroatoms. The van der Waals surface area contributed by atoms with Gasteiger partial charge in [-0.3, -0.25) is 9.59 Å². The lowest BCUT2D eigenvalue weighted by molar-refractivity contribution is -0.199. The number of ketones is 1. The van der Waals surface area contributed by atoms with E-state index in [0.29, 0.717) is 24.3 Å². The molecule has 1 amide bonds. The van der Waals surface area contributed by atoms with Crippen LogP contribution in [0.2, 0.25) is 0 Å². The number of carbonyl (C=O) groups is 2. The number of hydrogen-bond donors (Lipinski definition) is 3. The van der Waals surface area contributed by atoms with Gasteiger partial charge >= 0.3 is 0 Å². The third-order valence-corrected chi connectivity index (χ3v) is 9.88. The van der Waals surface area contributed by atoms with E-state index in [1.807, 2.05) is 26.8 Å². The highest BCUT2D eigenvalue weighted by Gasteiger charge is 2.66. The molecule has 1 saturated heterocycles. The molecule has 1 spiro atoms. The lowest BCUT2D eigenvalue weighted by Crippen LogP contribution is -2.54. The van der Waals surface area contributed by atoms with Gasteiger partial charge in [-0.1, -0.05) is 32.0 Å². The summed E-state index contributed by atoms with van der Waals surface area (Å²) >= 11 is 0. The number of aliphatic hydroxyl groups is 1. The number of benzene rings is 1. The Morgan fingerprint density at radius 2 is 1.97 bits per heavy atom. The fraction of sp³-hybridized carbons (Fsp3) is 0.613. The maximum Gasteiger partial charge on any atom is 0.245 e. The highest BCUT2D eigenvalue weighted by atomic mass is 16.8. The molecular formula is C31H40N2O5.